The second-order valence-electron chi connectivity index (χ2n) is 2.85. The van der Waals surface area contributed by atoms with Gasteiger partial charge in [-0.05, 0) is 12.8 Å². The molecule has 0 bridgehead atoms. The quantitative estimate of drug-likeness (QED) is 0.695. The highest BCUT2D eigenvalue weighted by atomic mass is 19.1. The lowest BCUT2D eigenvalue weighted by Gasteiger charge is -2.06. The summed E-state index contributed by atoms with van der Waals surface area (Å²) < 4.78 is 26.2. The Morgan fingerprint density at radius 1 is 1.07 bits per heavy atom. The highest BCUT2D eigenvalue weighted by Crippen LogP contribution is 2.30. The molecule has 3 nitrogen and oxygen atoms in total. The maximum atomic E-state index is 13.1. The lowest BCUT2D eigenvalue weighted by Crippen LogP contribution is -1.98. The van der Waals surface area contributed by atoms with Crippen molar-refractivity contribution in [3.05, 3.63) is 23.3 Å². The van der Waals surface area contributed by atoms with Gasteiger partial charge in [-0.15, -0.1) is 0 Å². The molecule has 14 heavy (non-hydrogen) atoms. The fraction of sp³-hybridized carbons (Fsp3) is 0.333. The van der Waals surface area contributed by atoms with Crippen LogP contribution in [0, 0.1) is 11.6 Å². The van der Waals surface area contributed by atoms with Crippen LogP contribution >= 0.6 is 0 Å². The van der Waals surface area contributed by atoms with Gasteiger partial charge in [0.1, 0.15) is 0 Å². The third-order valence-electron chi connectivity index (χ3n) is 1.84. The normalized spacial score (nSPS) is 10.5. The van der Waals surface area contributed by atoms with E-state index in [4.69, 9.17) is 15.3 Å². The van der Waals surface area contributed by atoms with Gasteiger partial charge < -0.3 is 15.3 Å². The average Bonchev–Trinajstić information content (AvgIpc) is 2.15. The van der Waals surface area contributed by atoms with Gasteiger partial charge in [-0.3, -0.25) is 0 Å². The third-order valence-corrected chi connectivity index (χ3v) is 1.84. The summed E-state index contributed by atoms with van der Waals surface area (Å²) >= 11 is 0. The van der Waals surface area contributed by atoms with Gasteiger partial charge in [0, 0.05) is 18.2 Å². The van der Waals surface area contributed by atoms with Gasteiger partial charge in [0.25, 0.3) is 0 Å². The van der Waals surface area contributed by atoms with Crippen LogP contribution in [0.15, 0.2) is 6.07 Å². The van der Waals surface area contributed by atoms with Gasteiger partial charge in [-0.2, -0.15) is 0 Å². The summed E-state index contributed by atoms with van der Waals surface area (Å²) in [5.74, 6) is -3.77. The topological polar surface area (TPSA) is 60.7 Å². The zero-order valence-electron chi connectivity index (χ0n) is 7.30. The monoisotopic (exact) mass is 204 g/mol. The Hall–Kier alpha value is -1.36. The van der Waals surface area contributed by atoms with Crippen molar-refractivity contribution >= 4 is 0 Å². The molecule has 78 valence electrons. The molecule has 1 aromatic rings. The maximum absolute atomic E-state index is 13.1. The Bertz CT molecular complexity index is 313. The molecule has 0 atom stereocenters. The summed E-state index contributed by atoms with van der Waals surface area (Å²) in [4.78, 5) is 0. The number of rotatable bonds is 3. The number of benzene rings is 1. The van der Waals surface area contributed by atoms with Crippen molar-refractivity contribution in [1.82, 2.24) is 0 Å². The molecule has 1 rings (SSSR count). The Balaban J connectivity index is 3.11. The van der Waals surface area contributed by atoms with Crippen LogP contribution in [0.2, 0.25) is 0 Å². The van der Waals surface area contributed by atoms with Crippen molar-refractivity contribution in [2.45, 2.75) is 12.8 Å². The second-order valence-corrected chi connectivity index (χ2v) is 2.85. The lowest BCUT2D eigenvalue weighted by molar-refractivity contribution is 0.286. The molecule has 0 aliphatic rings. The van der Waals surface area contributed by atoms with Crippen molar-refractivity contribution in [2.75, 3.05) is 6.61 Å². The smallest absolute Gasteiger partial charge is 0.171 e. The minimum absolute atomic E-state index is 0.0733. The van der Waals surface area contributed by atoms with E-state index in [0.29, 0.717) is 6.07 Å². The van der Waals surface area contributed by atoms with E-state index in [-0.39, 0.29) is 19.4 Å². The fourth-order valence-corrected chi connectivity index (χ4v) is 1.14. The number of phenolic OH excluding ortho intramolecular Hbond substituents is 2. The van der Waals surface area contributed by atoms with Crippen LogP contribution < -0.4 is 0 Å². The van der Waals surface area contributed by atoms with Gasteiger partial charge in [0.05, 0.1) is 0 Å². The minimum atomic E-state index is -1.09. The molecule has 0 aromatic heterocycles. The highest BCUT2D eigenvalue weighted by molar-refractivity contribution is 5.40. The summed E-state index contributed by atoms with van der Waals surface area (Å²) in [7, 11) is 0. The SMILES string of the molecule is OCCCc1c(F)c(O)cc(O)c1F. The molecule has 0 unspecified atom stereocenters. The molecule has 0 aliphatic carbocycles. The third kappa shape index (κ3) is 1.93. The predicted molar refractivity (Wildman–Crippen MR) is 45.1 cm³/mol. The fourth-order valence-electron chi connectivity index (χ4n) is 1.14. The Kier molecular flexibility index (Phi) is 3.24. The molecule has 3 N–H and O–H groups in total. The van der Waals surface area contributed by atoms with Crippen molar-refractivity contribution in [1.29, 1.82) is 0 Å². The van der Waals surface area contributed by atoms with Gasteiger partial charge in [0.15, 0.2) is 23.1 Å². The number of hydrogen-bond donors (Lipinski definition) is 3. The van der Waals surface area contributed by atoms with E-state index in [2.05, 4.69) is 0 Å². The van der Waals surface area contributed by atoms with Gasteiger partial charge in [-0.25, -0.2) is 8.78 Å². The number of phenols is 2. The van der Waals surface area contributed by atoms with Crippen molar-refractivity contribution < 1.29 is 24.1 Å². The van der Waals surface area contributed by atoms with E-state index in [1.54, 1.807) is 0 Å². The second kappa shape index (κ2) is 4.23. The summed E-state index contributed by atoms with van der Waals surface area (Å²) in [5, 5.41) is 26.4. The number of hydrogen-bond acceptors (Lipinski definition) is 3. The first-order valence-electron chi connectivity index (χ1n) is 4.07. The number of halogens is 2. The van der Waals surface area contributed by atoms with Crippen molar-refractivity contribution in [2.24, 2.45) is 0 Å². The first kappa shape index (κ1) is 10.7. The zero-order valence-corrected chi connectivity index (χ0v) is 7.30. The summed E-state index contributed by atoms with van der Waals surface area (Å²) in [6.45, 7) is -0.213. The number of aliphatic hydroxyl groups is 1. The van der Waals surface area contributed by atoms with Crippen LogP contribution in [0.1, 0.15) is 12.0 Å². The van der Waals surface area contributed by atoms with E-state index < -0.39 is 28.7 Å². The van der Waals surface area contributed by atoms with Crippen molar-refractivity contribution in [3.8, 4) is 11.5 Å². The van der Waals surface area contributed by atoms with Gasteiger partial charge >= 0.3 is 0 Å². The molecular weight excluding hydrogens is 194 g/mol. The van der Waals surface area contributed by atoms with Gasteiger partial charge in [0.2, 0.25) is 0 Å². The van der Waals surface area contributed by atoms with Gasteiger partial charge in [-0.1, -0.05) is 0 Å². The van der Waals surface area contributed by atoms with Crippen LogP contribution in [0.5, 0.6) is 11.5 Å². The summed E-state index contributed by atoms with van der Waals surface area (Å²) in [6.07, 6.45) is 0.0901. The Labute approximate surface area is 79.2 Å². The van der Waals surface area contributed by atoms with Crippen LogP contribution in [-0.2, 0) is 6.42 Å². The van der Waals surface area contributed by atoms with Crippen LogP contribution in [0.3, 0.4) is 0 Å². The van der Waals surface area contributed by atoms with Crippen LogP contribution in [0.25, 0.3) is 0 Å². The number of aromatic hydroxyl groups is 2. The molecule has 1 aromatic carbocycles. The Morgan fingerprint density at radius 2 is 1.57 bits per heavy atom. The minimum Gasteiger partial charge on any atom is -0.505 e. The largest absolute Gasteiger partial charge is 0.505 e. The van der Waals surface area contributed by atoms with E-state index in [0.717, 1.165) is 0 Å². The molecule has 0 fully saturated rings. The Morgan fingerprint density at radius 3 is 2.00 bits per heavy atom. The molecule has 0 saturated heterocycles. The van der Waals surface area contributed by atoms with E-state index in [9.17, 15) is 8.78 Å². The van der Waals surface area contributed by atoms with Crippen molar-refractivity contribution in [3.63, 3.8) is 0 Å². The average molecular weight is 204 g/mol. The molecular formula is C9H10F2O3. The van der Waals surface area contributed by atoms with Crippen LogP contribution in [0.4, 0.5) is 8.78 Å². The highest BCUT2D eigenvalue weighted by Gasteiger charge is 2.17. The summed E-state index contributed by atoms with van der Waals surface area (Å²) in [6, 6.07) is 0.604. The molecule has 0 aliphatic heterocycles. The number of aliphatic hydroxyl groups excluding tert-OH is 1. The van der Waals surface area contributed by atoms with E-state index in [1.165, 1.54) is 0 Å². The summed E-state index contributed by atoms with van der Waals surface area (Å²) in [5.41, 5.74) is -0.406. The standard InChI is InChI=1S/C9H10F2O3/c10-8-5(2-1-3-12)9(11)7(14)4-6(8)13/h4,12-14H,1-3H2. The van der Waals surface area contributed by atoms with Crippen LogP contribution in [-0.4, -0.2) is 21.9 Å². The molecule has 0 heterocycles. The maximum Gasteiger partial charge on any atom is 0.171 e. The van der Waals surface area contributed by atoms with E-state index in [1.807, 2.05) is 0 Å². The molecule has 0 radical (unpaired) electrons. The zero-order chi connectivity index (χ0) is 10.7. The first-order valence-corrected chi connectivity index (χ1v) is 4.07. The van der Waals surface area contributed by atoms with E-state index >= 15 is 0 Å². The first-order chi connectivity index (χ1) is 6.57. The molecule has 0 amide bonds. The molecule has 5 heteroatoms. The molecule has 0 saturated carbocycles. The predicted octanol–water partition coefficient (Wildman–Crippen LogP) is 1.30. The lowest BCUT2D eigenvalue weighted by atomic mass is 10.1. The molecule has 0 spiro atoms.